The van der Waals surface area contributed by atoms with E-state index in [4.69, 9.17) is 41.1 Å². The van der Waals surface area contributed by atoms with Crippen molar-refractivity contribution < 1.29 is 41.1 Å². The molecule has 2 fully saturated rings. The van der Waals surface area contributed by atoms with Crippen LogP contribution in [0.15, 0.2) is 0 Å². The fourth-order valence-electron chi connectivity index (χ4n) is 3.62. The van der Waals surface area contributed by atoms with E-state index in [0.29, 0.717) is 52.4 Å². The van der Waals surface area contributed by atoms with E-state index in [1.807, 2.05) is 34.6 Å². The molecule has 11 heteroatoms. The quantitative estimate of drug-likeness (QED) is 0.126. The molecule has 0 aromatic heterocycles. The fourth-order valence-corrected chi connectivity index (χ4v) is 9.05. The Balaban J connectivity index is 0.000000342. The van der Waals surface area contributed by atoms with Gasteiger partial charge in [-0.3, -0.25) is 0 Å². The van der Waals surface area contributed by atoms with Crippen LogP contribution >= 0.6 is 0 Å². The van der Waals surface area contributed by atoms with E-state index in [1.165, 1.54) is 0 Å². The lowest BCUT2D eigenvalue weighted by Crippen LogP contribution is -2.55. The normalized spacial score (nSPS) is 20.6. The van der Waals surface area contributed by atoms with Crippen LogP contribution in [0.2, 0.25) is 12.6 Å². The lowest BCUT2D eigenvalue weighted by molar-refractivity contribution is 0.0338. The largest absolute Gasteiger partial charge is 0.501 e. The molecule has 3 unspecified atom stereocenters. The van der Waals surface area contributed by atoms with E-state index < -0.39 is 17.4 Å². The average molecular weight is 527 g/mol. The van der Waals surface area contributed by atoms with Crippen molar-refractivity contribution in [2.24, 2.45) is 0 Å². The molecule has 0 aliphatic carbocycles. The highest BCUT2D eigenvalue weighted by Gasteiger charge is 2.51. The van der Waals surface area contributed by atoms with Gasteiger partial charge in [0.05, 0.1) is 19.8 Å². The van der Waals surface area contributed by atoms with Gasteiger partial charge in [-0.1, -0.05) is 6.92 Å². The van der Waals surface area contributed by atoms with Crippen molar-refractivity contribution in [2.75, 3.05) is 66.1 Å². The Kier molecular flexibility index (Phi) is 17.3. The number of hydrogen-bond acceptors (Lipinski definition) is 9. The Morgan fingerprint density at radius 2 is 1.29 bits per heavy atom. The second-order valence-electron chi connectivity index (χ2n) is 8.16. The summed E-state index contributed by atoms with van der Waals surface area (Å²) in [5.74, 6) is 0. The van der Waals surface area contributed by atoms with Crippen LogP contribution < -0.4 is 0 Å². The topological polar surface area (TPSA) is 89.7 Å². The standard InChI is InChI=1S/C12H26O5Si.C11H24O4Si/c1-4-15-18(16-5-2,17-6-3)9-7-8-13-10-12-11-14-12;1-5-8-12-11(10-9-13-10)16(4,14-6-2)15-7-3/h12H,4-11H2,1-3H3;10-11H,5-9H2,1-4H3. The van der Waals surface area contributed by atoms with Gasteiger partial charge in [0.1, 0.15) is 17.9 Å². The molecule has 2 saturated heterocycles. The van der Waals surface area contributed by atoms with Crippen LogP contribution in [0.5, 0.6) is 0 Å². The molecule has 0 N–H and O–H groups in total. The number of ether oxygens (including phenoxy) is 4. The molecule has 204 valence electrons. The Morgan fingerprint density at radius 1 is 0.765 bits per heavy atom. The van der Waals surface area contributed by atoms with Crippen molar-refractivity contribution >= 4 is 17.4 Å². The summed E-state index contributed by atoms with van der Waals surface area (Å²) in [6.07, 6.45) is 2.42. The van der Waals surface area contributed by atoms with Crippen LogP contribution in [-0.2, 0) is 41.1 Å². The highest BCUT2D eigenvalue weighted by Crippen LogP contribution is 2.27. The van der Waals surface area contributed by atoms with Gasteiger partial charge in [0.25, 0.3) is 0 Å². The number of epoxide rings is 2. The first-order chi connectivity index (χ1) is 16.4. The predicted molar refractivity (Wildman–Crippen MR) is 135 cm³/mol. The summed E-state index contributed by atoms with van der Waals surface area (Å²) in [5.41, 5.74) is 0.00681. The molecule has 0 aromatic rings. The van der Waals surface area contributed by atoms with Crippen molar-refractivity contribution in [3.8, 4) is 0 Å². The van der Waals surface area contributed by atoms with E-state index in [0.717, 1.165) is 38.7 Å². The van der Waals surface area contributed by atoms with Crippen molar-refractivity contribution in [1.82, 2.24) is 0 Å². The zero-order chi connectivity index (χ0) is 25.3. The first-order valence-corrected chi connectivity index (χ1v) is 17.4. The van der Waals surface area contributed by atoms with Crippen LogP contribution in [0.3, 0.4) is 0 Å². The third-order valence-electron chi connectivity index (χ3n) is 5.15. The van der Waals surface area contributed by atoms with Crippen LogP contribution in [0, 0.1) is 0 Å². The van der Waals surface area contributed by atoms with Gasteiger partial charge >= 0.3 is 17.4 Å². The first kappa shape index (κ1) is 32.1. The third-order valence-corrected chi connectivity index (χ3v) is 11.6. The van der Waals surface area contributed by atoms with Crippen molar-refractivity contribution in [3.63, 3.8) is 0 Å². The minimum absolute atomic E-state index is 0.00681. The Morgan fingerprint density at radius 3 is 1.71 bits per heavy atom. The fraction of sp³-hybridized carbons (Fsp3) is 1.00. The second-order valence-corrected chi connectivity index (χ2v) is 14.1. The predicted octanol–water partition coefficient (Wildman–Crippen LogP) is 3.70. The molecule has 34 heavy (non-hydrogen) atoms. The molecule has 9 nitrogen and oxygen atoms in total. The molecular weight excluding hydrogens is 476 g/mol. The lowest BCUT2D eigenvalue weighted by Gasteiger charge is -2.32. The Bertz CT molecular complexity index is 470. The SMILES string of the molecule is CCCOC(C1CO1)[Si](C)(OCC)OCC.CCO[Si](CCCOCC1CO1)(OCC)OCC. The number of rotatable bonds is 21. The van der Waals surface area contributed by atoms with E-state index in [-0.39, 0.29) is 11.8 Å². The van der Waals surface area contributed by atoms with Crippen molar-refractivity contribution in [3.05, 3.63) is 0 Å². The lowest BCUT2D eigenvalue weighted by atomic mass is 10.5. The van der Waals surface area contributed by atoms with E-state index >= 15 is 0 Å². The van der Waals surface area contributed by atoms with Crippen molar-refractivity contribution in [2.45, 2.75) is 84.9 Å². The maximum atomic E-state index is 5.87. The smallest absolute Gasteiger partial charge is 0.393 e. The summed E-state index contributed by atoms with van der Waals surface area (Å²) in [7, 11) is -4.73. The van der Waals surface area contributed by atoms with Crippen LogP contribution in [0.25, 0.3) is 0 Å². The Labute approximate surface area is 209 Å². The zero-order valence-electron chi connectivity index (χ0n) is 22.6. The van der Waals surface area contributed by atoms with Gasteiger partial charge in [0, 0.05) is 52.3 Å². The molecule has 0 radical (unpaired) electrons. The van der Waals surface area contributed by atoms with Crippen LogP contribution in [0.1, 0.15) is 54.4 Å². The van der Waals surface area contributed by atoms with Crippen LogP contribution in [-0.4, -0.2) is 101 Å². The van der Waals surface area contributed by atoms with Gasteiger partial charge in [0.2, 0.25) is 0 Å². The highest BCUT2D eigenvalue weighted by molar-refractivity contribution is 6.67. The minimum atomic E-state index is -2.47. The molecule has 0 saturated carbocycles. The maximum Gasteiger partial charge on any atom is 0.501 e. The van der Waals surface area contributed by atoms with Gasteiger partial charge in [-0.2, -0.15) is 0 Å². The molecule has 2 rings (SSSR count). The molecule has 0 amide bonds. The molecule has 2 aliphatic rings. The van der Waals surface area contributed by atoms with Gasteiger partial charge in [0.15, 0.2) is 0 Å². The van der Waals surface area contributed by atoms with Gasteiger partial charge in [-0.05, 0) is 54.0 Å². The molecule has 0 aromatic carbocycles. The molecule has 0 spiro atoms. The molecule has 0 bridgehead atoms. The third kappa shape index (κ3) is 12.9. The van der Waals surface area contributed by atoms with Crippen molar-refractivity contribution in [1.29, 1.82) is 0 Å². The summed E-state index contributed by atoms with van der Waals surface area (Å²) >= 11 is 0. The summed E-state index contributed by atoms with van der Waals surface area (Å²) < 4.78 is 50.8. The molecule has 2 heterocycles. The summed E-state index contributed by atoms with van der Waals surface area (Å²) in [5, 5.41) is 0. The van der Waals surface area contributed by atoms with Crippen LogP contribution in [0.4, 0.5) is 0 Å². The average Bonchev–Trinajstić information content (AvgIpc) is 3.70. The number of hydrogen-bond donors (Lipinski definition) is 0. The minimum Gasteiger partial charge on any atom is -0.393 e. The molecule has 2 aliphatic heterocycles. The summed E-state index contributed by atoms with van der Waals surface area (Å²) in [6, 6.07) is 0.814. The van der Waals surface area contributed by atoms with E-state index in [2.05, 4.69) is 13.5 Å². The summed E-state index contributed by atoms with van der Waals surface area (Å²) in [4.78, 5) is 0. The second kappa shape index (κ2) is 18.3. The highest BCUT2D eigenvalue weighted by atomic mass is 28.4. The van der Waals surface area contributed by atoms with Gasteiger partial charge < -0.3 is 41.1 Å². The Hall–Kier alpha value is 0.0738. The van der Waals surface area contributed by atoms with Gasteiger partial charge in [-0.25, -0.2) is 0 Å². The van der Waals surface area contributed by atoms with E-state index in [9.17, 15) is 0 Å². The molecule has 3 atom stereocenters. The molecular formula is C23H50O9Si2. The van der Waals surface area contributed by atoms with E-state index in [1.54, 1.807) is 0 Å². The first-order valence-electron chi connectivity index (χ1n) is 13.1. The monoisotopic (exact) mass is 526 g/mol. The van der Waals surface area contributed by atoms with Gasteiger partial charge in [-0.15, -0.1) is 0 Å². The zero-order valence-corrected chi connectivity index (χ0v) is 24.6. The summed E-state index contributed by atoms with van der Waals surface area (Å²) in [6.45, 7) is 21.1. The maximum absolute atomic E-state index is 5.87.